The van der Waals surface area contributed by atoms with Gasteiger partial charge in [-0.15, -0.1) is 0 Å². The molecule has 7 nitrogen and oxygen atoms in total. The second kappa shape index (κ2) is 7.94. The van der Waals surface area contributed by atoms with Crippen LogP contribution in [-0.2, 0) is 15.7 Å². The van der Waals surface area contributed by atoms with E-state index in [2.05, 4.69) is 9.97 Å². The van der Waals surface area contributed by atoms with Crippen LogP contribution >= 0.6 is 0 Å². The average Bonchev–Trinajstić information content (AvgIpc) is 2.59. The quantitative estimate of drug-likeness (QED) is 0.600. The number of aryl methyl sites for hydroxylation is 1. The van der Waals surface area contributed by atoms with Gasteiger partial charge in [-0.1, -0.05) is 6.07 Å². The van der Waals surface area contributed by atoms with Gasteiger partial charge in [-0.3, -0.25) is 0 Å². The maximum absolute atomic E-state index is 12.9. The van der Waals surface area contributed by atoms with Crippen molar-refractivity contribution in [3.63, 3.8) is 0 Å². The predicted octanol–water partition coefficient (Wildman–Crippen LogP) is 3.68. The SMILES string of the molecule is COC=C(C(=O)O)c1c(OC)nc(C)nc1Oc1cccc(C(F)(F)F)c1. The van der Waals surface area contributed by atoms with Crippen molar-refractivity contribution in [1.82, 2.24) is 9.97 Å². The average molecular weight is 384 g/mol. The summed E-state index contributed by atoms with van der Waals surface area (Å²) in [6.07, 6.45) is -3.65. The molecule has 0 amide bonds. The van der Waals surface area contributed by atoms with Crippen molar-refractivity contribution in [3.05, 3.63) is 47.5 Å². The number of rotatable bonds is 6. The molecular weight excluding hydrogens is 369 g/mol. The van der Waals surface area contributed by atoms with Crippen molar-refractivity contribution in [2.24, 2.45) is 0 Å². The van der Waals surface area contributed by atoms with Crippen LogP contribution in [0.5, 0.6) is 17.5 Å². The van der Waals surface area contributed by atoms with Gasteiger partial charge in [-0.05, 0) is 25.1 Å². The number of halogens is 3. The molecule has 0 aliphatic heterocycles. The van der Waals surface area contributed by atoms with E-state index in [9.17, 15) is 23.1 Å². The lowest BCUT2D eigenvalue weighted by Crippen LogP contribution is -2.09. The molecular formula is C17H15F3N2O5. The van der Waals surface area contributed by atoms with E-state index in [0.29, 0.717) is 0 Å². The summed E-state index contributed by atoms with van der Waals surface area (Å²) in [5, 5.41) is 9.42. The van der Waals surface area contributed by atoms with Gasteiger partial charge in [0.05, 0.1) is 26.0 Å². The molecule has 0 saturated heterocycles. The van der Waals surface area contributed by atoms with Crippen LogP contribution in [0.15, 0.2) is 30.5 Å². The number of aliphatic carboxylic acids is 1. The summed E-state index contributed by atoms with van der Waals surface area (Å²) in [6.45, 7) is 1.49. The molecule has 0 aliphatic rings. The number of ether oxygens (including phenoxy) is 3. The number of hydrogen-bond donors (Lipinski definition) is 1. The van der Waals surface area contributed by atoms with Crippen molar-refractivity contribution in [2.75, 3.05) is 14.2 Å². The zero-order valence-electron chi connectivity index (χ0n) is 14.5. The van der Waals surface area contributed by atoms with E-state index in [1.807, 2.05) is 0 Å². The molecule has 2 rings (SSSR count). The summed E-state index contributed by atoms with van der Waals surface area (Å²) in [6, 6.07) is 4.09. The molecule has 0 atom stereocenters. The minimum absolute atomic E-state index is 0.129. The standard InChI is InChI=1S/C17H15F3N2O5/c1-9-21-14(26-3)13(12(8-25-2)16(23)24)15(22-9)27-11-6-4-5-10(7-11)17(18,19)20/h4-8H,1-3H3,(H,23,24). The Bertz CT molecular complexity index is 881. The molecule has 1 heterocycles. The molecule has 0 saturated carbocycles. The highest BCUT2D eigenvalue weighted by Crippen LogP contribution is 2.37. The van der Waals surface area contributed by atoms with Crippen molar-refractivity contribution in [2.45, 2.75) is 13.1 Å². The normalized spacial score (nSPS) is 11.9. The van der Waals surface area contributed by atoms with Gasteiger partial charge in [-0.2, -0.15) is 23.1 Å². The van der Waals surface area contributed by atoms with E-state index in [1.54, 1.807) is 0 Å². The number of carboxylic acids is 1. The molecule has 1 aromatic heterocycles. The van der Waals surface area contributed by atoms with Gasteiger partial charge in [0.25, 0.3) is 0 Å². The number of carbonyl (C=O) groups is 1. The predicted molar refractivity (Wildman–Crippen MR) is 87.5 cm³/mol. The number of hydrogen-bond acceptors (Lipinski definition) is 6. The highest BCUT2D eigenvalue weighted by atomic mass is 19.4. The van der Waals surface area contributed by atoms with Crippen LogP contribution < -0.4 is 9.47 Å². The highest BCUT2D eigenvalue weighted by molar-refractivity contribution is 6.16. The molecule has 10 heteroatoms. The van der Waals surface area contributed by atoms with E-state index in [0.717, 1.165) is 24.5 Å². The van der Waals surface area contributed by atoms with E-state index in [-0.39, 0.29) is 28.9 Å². The molecule has 0 aliphatic carbocycles. The third-order valence-electron chi connectivity index (χ3n) is 3.26. The van der Waals surface area contributed by atoms with Crippen molar-refractivity contribution in [1.29, 1.82) is 0 Å². The Kier molecular flexibility index (Phi) is 5.88. The van der Waals surface area contributed by atoms with Gasteiger partial charge in [-0.25, -0.2) is 4.79 Å². The first kappa shape index (κ1) is 20.0. The van der Waals surface area contributed by atoms with Crippen LogP contribution in [0, 0.1) is 6.92 Å². The van der Waals surface area contributed by atoms with Crippen LogP contribution in [0.3, 0.4) is 0 Å². The summed E-state index contributed by atoms with van der Waals surface area (Å²) in [5.74, 6) is -1.83. The monoisotopic (exact) mass is 384 g/mol. The maximum atomic E-state index is 12.9. The number of nitrogens with zero attached hydrogens (tertiary/aromatic N) is 2. The third-order valence-corrected chi connectivity index (χ3v) is 3.26. The third kappa shape index (κ3) is 4.66. The zero-order valence-corrected chi connectivity index (χ0v) is 14.5. The zero-order chi connectivity index (χ0) is 20.2. The van der Waals surface area contributed by atoms with E-state index in [4.69, 9.17) is 14.2 Å². The number of aromatic nitrogens is 2. The summed E-state index contributed by atoms with van der Waals surface area (Å²) < 4.78 is 54.0. The number of benzene rings is 1. The first-order valence-corrected chi connectivity index (χ1v) is 7.41. The fraction of sp³-hybridized carbons (Fsp3) is 0.235. The summed E-state index contributed by atoms with van der Waals surface area (Å²) in [7, 11) is 2.49. The van der Waals surface area contributed by atoms with Gasteiger partial charge in [0.2, 0.25) is 11.8 Å². The molecule has 0 unspecified atom stereocenters. The second-order valence-corrected chi connectivity index (χ2v) is 5.16. The van der Waals surface area contributed by atoms with Crippen molar-refractivity contribution < 1.29 is 37.3 Å². The summed E-state index contributed by atoms with van der Waals surface area (Å²) in [5.41, 5.74) is -1.49. The molecule has 1 aromatic carbocycles. The number of carboxylic acid groups (broad SMARTS) is 1. The fourth-order valence-corrected chi connectivity index (χ4v) is 2.16. The molecule has 2 aromatic rings. The summed E-state index contributed by atoms with van der Waals surface area (Å²) in [4.78, 5) is 19.6. The lowest BCUT2D eigenvalue weighted by atomic mass is 10.1. The van der Waals surface area contributed by atoms with Gasteiger partial charge in [0, 0.05) is 0 Å². The topological polar surface area (TPSA) is 90.8 Å². The molecule has 0 spiro atoms. The Hall–Kier alpha value is -3.30. The molecule has 0 bridgehead atoms. The molecule has 27 heavy (non-hydrogen) atoms. The smallest absolute Gasteiger partial charge is 0.416 e. The van der Waals surface area contributed by atoms with Crippen LogP contribution in [-0.4, -0.2) is 35.3 Å². The molecule has 144 valence electrons. The van der Waals surface area contributed by atoms with Crippen LogP contribution in [0.4, 0.5) is 13.2 Å². The lowest BCUT2D eigenvalue weighted by Gasteiger charge is -2.15. The number of alkyl halides is 3. The fourth-order valence-electron chi connectivity index (χ4n) is 2.16. The Morgan fingerprint density at radius 3 is 2.41 bits per heavy atom. The van der Waals surface area contributed by atoms with Crippen molar-refractivity contribution in [3.8, 4) is 17.5 Å². The largest absolute Gasteiger partial charge is 0.503 e. The van der Waals surface area contributed by atoms with E-state index in [1.165, 1.54) is 27.2 Å². The van der Waals surface area contributed by atoms with Gasteiger partial charge in [0.15, 0.2) is 0 Å². The summed E-state index contributed by atoms with van der Waals surface area (Å²) >= 11 is 0. The molecule has 1 N–H and O–H groups in total. The Labute approximate surface area is 152 Å². The van der Waals surface area contributed by atoms with E-state index < -0.39 is 23.3 Å². The van der Waals surface area contributed by atoms with Gasteiger partial charge in [0.1, 0.15) is 22.7 Å². The Balaban J connectivity index is 2.62. The first-order valence-electron chi connectivity index (χ1n) is 7.41. The maximum Gasteiger partial charge on any atom is 0.416 e. The van der Waals surface area contributed by atoms with E-state index >= 15 is 0 Å². The first-order chi connectivity index (χ1) is 12.7. The molecule has 0 radical (unpaired) electrons. The molecule has 0 fully saturated rings. The van der Waals surface area contributed by atoms with Crippen molar-refractivity contribution >= 4 is 11.5 Å². The lowest BCUT2D eigenvalue weighted by molar-refractivity contribution is -0.137. The Morgan fingerprint density at radius 1 is 1.19 bits per heavy atom. The van der Waals surface area contributed by atoms with Gasteiger partial charge < -0.3 is 19.3 Å². The van der Waals surface area contributed by atoms with Crippen LogP contribution in [0.1, 0.15) is 17.0 Å². The number of methoxy groups -OCH3 is 2. The van der Waals surface area contributed by atoms with Crippen LogP contribution in [0.2, 0.25) is 0 Å². The Morgan fingerprint density at radius 2 is 1.85 bits per heavy atom. The van der Waals surface area contributed by atoms with Gasteiger partial charge >= 0.3 is 12.1 Å². The minimum Gasteiger partial charge on any atom is -0.503 e. The minimum atomic E-state index is -4.57. The highest BCUT2D eigenvalue weighted by Gasteiger charge is 2.31. The second-order valence-electron chi connectivity index (χ2n) is 5.16. The van der Waals surface area contributed by atoms with Crippen LogP contribution in [0.25, 0.3) is 5.57 Å².